The molecular weight excluding hydrogens is 311 g/mol. The summed E-state index contributed by atoms with van der Waals surface area (Å²) in [6.07, 6.45) is -4.33. The maximum absolute atomic E-state index is 12.5. The molecule has 1 aromatic carbocycles. The molecule has 1 heterocycles. The Morgan fingerprint density at radius 3 is 2.60 bits per heavy atom. The molecule has 0 aliphatic heterocycles. The lowest BCUT2D eigenvalue weighted by molar-refractivity contribution is -0.137. The predicted octanol–water partition coefficient (Wildman–Crippen LogP) is 4.74. The van der Waals surface area contributed by atoms with Gasteiger partial charge in [0.05, 0.1) is 15.8 Å². The fraction of sp³-hybridized carbons (Fsp3) is 0.125. The summed E-state index contributed by atoms with van der Waals surface area (Å²) in [7, 11) is 0. The zero-order valence-electron chi connectivity index (χ0n) is 6.98. The lowest BCUT2D eigenvalue weighted by Gasteiger charge is -2.06. The van der Waals surface area contributed by atoms with E-state index in [4.69, 9.17) is 12.2 Å². The van der Waals surface area contributed by atoms with Crippen LogP contribution in [0.1, 0.15) is 5.56 Å². The van der Waals surface area contributed by atoms with Crippen LogP contribution in [0.4, 0.5) is 13.2 Å². The van der Waals surface area contributed by atoms with E-state index in [0.29, 0.717) is 18.6 Å². The maximum atomic E-state index is 12.5. The van der Waals surface area contributed by atoms with Gasteiger partial charge in [0.1, 0.15) is 0 Å². The van der Waals surface area contributed by atoms with Gasteiger partial charge in [-0.2, -0.15) is 13.2 Å². The van der Waals surface area contributed by atoms with E-state index in [9.17, 15) is 13.2 Å². The van der Waals surface area contributed by atoms with Crippen molar-refractivity contribution in [2.24, 2.45) is 0 Å². The Hall–Kier alpha value is -0.400. The van der Waals surface area contributed by atoms with Gasteiger partial charge in [-0.15, -0.1) is 11.3 Å². The molecule has 1 N–H and O–H groups in total. The van der Waals surface area contributed by atoms with Crippen LogP contribution in [0.15, 0.2) is 16.6 Å². The number of aromatic nitrogens is 1. The van der Waals surface area contributed by atoms with Crippen LogP contribution in [0.3, 0.4) is 0 Å². The minimum Gasteiger partial charge on any atom is -0.336 e. The normalized spacial score (nSPS) is 12.3. The molecule has 0 amide bonds. The summed E-state index contributed by atoms with van der Waals surface area (Å²) >= 11 is 9.08. The summed E-state index contributed by atoms with van der Waals surface area (Å²) in [5, 5.41) is 0. The first-order chi connectivity index (χ1) is 6.88. The second-order valence-corrected chi connectivity index (χ2v) is 5.42. The molecule has 2 rings (SSSR count). The number of alkyl halides is 3. The largest absolute Gasteiger partial charge is 0.416 e. The molecule has 0 bridgehead atoms. The van der Waals surface area contributed by atoms with E-state index in [1.165, 1.54) is 0 Å². The Labute approximate surface area is 100 Å². The molecule has 0 fully saturated rings. The average Bonchev–Trinajstić information content (AvgIpc) is 2.44. The summed E-state index contributed by atoms with van der Waals surface area (Å²) in [4.78, 5) is 2.82. The van der Waals surface area contributed by atoms with Crippen LogP contribution in [-0.4, -0.2) is 4.98 Å². The molecule has 0 aliphatic rings. The zero-order chi connectivity index (χ0) is 11.2. The highest BCUT2D eigenvalue weighted by Crippen LogP contribution is 2.36. The first-order valence-corrected chi connectivity index (χ1v) is 5.79. The first kappa shape index (κ1) is 11.1. The molecule has 0 radical (unpaired) electrons. The second kappa shape index (κ2) is 3.57. The number of aromatic amines is 1. The van der Waals surface area contributed by atoms with Crippen molar-refractivity contribution in [1.82, 2.24) is 4.98 Å². The third-order valence-corrected chi connectivity index (χ3v) is 3.62. The van der Waals surface area contributed by atoms with Crippen molar-refractivity contribution in [1.29, 1.82) is 0 Å². The molecule has 2 aromatic rings. The Balaban J connectivity index is 2.78. The summed E-state index contributed by atoms with van der Waals surface area (Å²) in [6, 6.07) is 2.14. The van der Waals surface area contributed by atoms with Gasteiger partial charge in [0.15, 0.2) is 3.95 Å². The molecule has 1 nitrogen and oxygen atoms in total. The fourth-order valence-corrected chi connectivity index (χ4v) is 3.04. The van der Waals surface area contributed by atoms with E-state index in [1.54, 1.807) is 0 Å². The monoisotopic (exact) mass is 313 g/mol. The molecular formula is C8H3BrF3NS2. The molecule has 0 spiro atoms. The first-order valence-electron chi connectivity index (χ1n) is 3.77. The van der Waals surface area contributed by atoms with Crippen molar-refractivity contribution in [3.8, 4) is 0 Å². The number of rotatable bonds is 0. The van der Waals surface area contributed by atoms with Crippen LogP contribution in [0.5, 0.6) is 0 Å². The number of hydrogen-bond acceptors (Lipinski definition) is 2. The number of fused-ring (bicyclic) bond motifs is 1. The molecule has 0 atom stereocenters. The van der Waals surface area contributed by atoms with Crippen LogP contribution in [0, 0.1) is 3.95 Å². The number of hydrogen-bond donors (Lipinski definition) is 1. The standard InChI is InChI=1S/C8H3BrF3NS2/c9-4-1-3(8(10,11)12)2-5-6(4)13-7(14)15-5/h1-2H,(H,13,14). The highest BCUT2D eigenvalue weighted by atomic mass is 79.9. The van der Waals surface area contributed by atoms with E-state index < -0.39 is 11.7 Å². The van der Waals surface area contributed by atoms with Gasteiger partial charge in [-0.1, -0.05) is 0 Å². The Bertz CT molecular complexity index is 569. The van der Waals surface area contributed by atoms with Gasteiger partial charge in [0.25, 0.3) is 0 Å². The van der Waals surface area contributed by atoms with Gasteiger partial charge < -0.3 is 4.98 Å². The van der Waals surface area contributed by atoms with Crippen molar-refractivity contribution in [3.63, 3.8) is 0 Å². The fourth-order valence-electron chi connectivity index (χ4n) is 1.17. The van der Waals surface area contributed by atoms with E-state index in [1.807, 2.05) is 0 Å². The van der Waals surface area contributed by atoms with Gasteiger partial charge >= 0.3 is 6.18 Å². The highest BCUT2D eigenvalue weighted by Gasteiger charge is 2.31. The summed E-state index contributed by atoms with van der Waals surface area (Å²) in [5.41, 5.74) is -0.0647. The summed E-state index contributed by atoms with van der Waals surface area (Å²) in [5.74, 6) is 0. The highest BCUT2D eigenvalue weighted by molar-refractivity contribution is 9.10. The summed E-state index contributed by atoms with van der Waals surface area (Å²) < 4.78 is 38.7. The molecule has 0 saturated heterocycles. The zero-order valence-corrected chi connectivity index (χ0v) is 10.2. The molecule has 0 aliphatic carbocycles. The molecule has 80 valence electrons. The number of benzene rings is 1. The topological polar surface area (TPSA) is 15.8 Å². The smallest absolute Gasteiger partial charge is 0.336 e. The molecule has 7 heteroatoms. The van der Waals surface area contributed by atoms with Gasteiger partial charge in [-0.05, 0) is 40.3 Å². The molecule has 0 unspecified atom stereocenters. The third kappa shape index (κ3) is 2.09. The number of thiazole rings is 1. The number of halogens is 4. The average molecular weight is 314 g/mol. The molecule has 0 saturated carbocycles. The van der Waals surface area contributed by atoms with E-state index in [2.05, 4.69) is 20.9 Å². The van der Waals surface area contributed by atoms with Gasteiger partial charge in [-0.25, -0.2) is 0 Å². The maximum Gasteiger partial charge on any atom is 0.416 e. The van der Waals surface area contributed by atoms with Crippen molar-refractivity contribution < 1.29 is 13.2 Å². The Morgan fingerprint density at radius 2 is 2.00 bits per heavy atom. The lowest BCUT2D eigenvalue weighted by atomic mass is 10.2. The van der Waals surface area contributed by atoms with Crippen molar-refractivity contribution in [2.75, 3.05) is 0 Å². The second-order valence-electron chi connectivity index (χ2n) is 2.84. The van der Waals surface area contributed by atoms with Gasteiger partial charge in [0, 0.05) is 4.47 Å². The van der Waals surface area contributed by atoms with Crippen LogP contribution in [0.2, 0.25) is 0 Å². The van der Waals surface area contributed by atoms with Gasteiger partial charge in [-0.3, -0.25) is 0 Å². The number of nitrogens with one attached hydrogen (secondary N) is 1. The van der Waals surface area contributed by atoms with Crippen LogP contribution in [-0.2, 0) is 6.18 Å². The van der Waals surface area contributed by atoms with E-state index in [0.717, 1.165) is 23.5 Å². The Kier molecular flexibility index (Phi) is 2.64. The van der Waals surface area contributed by atoms with Crippen LogP contribution < -0.4 is 0 Å². The van der Waals surface area contributed by atoms with Crippen molar-refractivity contribution >= 4 is 49.7 Å². The Morgan fingerprint density at radius 1 is 1.33 bits per heavy atom. The minimum atomic E-state index is -4.33. The quantitative estimate of drug-likeness (QED) is 0.695. The minimum absolute atomic E-state index is 0.375. The lowest BCUT2D eigenvalue weighted by Crippen LogP contribution is -2.04. The van der Waals surface area contributed by atoms with Crippen LogP contribution >= 0.6 is 39.5 Å². The van der Waals surface area contributed by atoms with E-state index in [-0.39, 0.29) is 0 Å². The van der Waals surface area contributed by atoms with Gasteiger partial charge in [0.2, 0.25) is 0 Å². The van der Waals surface area contributed by atoms with E-state index >= 15 is 0 Å². The molecule has 1 aromatic heterocycles. The van der Waals surface area contributed by atoms with Crippen LogP contribution in [0.25, 0.3) is 10.2 Å². The van der Waals surface area contributed by atoms with Crippen molar-refractivity contribution in [2.45, 2.75) is 6.18 Å². The summed E-state index contributed by atoms with van der Waals surface area (Å²) in [6.45, 7) is 0. The third-order valence-electron chi connectivity index (χ3n) is 1.81. The molecule has 15 heavy (non-hydrogen) atoms. The predicted molar refractivity (Wildman–Crippen MR) is 59.7 cm³/mol. The van der Waals surface area contributed by atoms with Crippen molar-refractivity contribution in [3.05, 3.63) is 26.1 Å². The number of H-pyrrole nitrogens is 1. The SMILES string of the molecule is FC(F)(F)c1cc(Br)c2[nH]c(=S)sc2c1.